The minimum Gasteiger partial charge on any atom is -0.326 e. The molecule has 0 spiro atoms. The van der Waals surface area contributed by atoms with Crippen LogP contribution < -0.4 is 5.32 Å². The van der Waals surface area contributed by atoms with Gasteiger partial charge in [0.25, 0.3) is 0 Å². The highest BCUT2D eigenvalue weighted by Crippen LogP contribution is 2.63. The molecule has 100 valence electrons. The van der Waals surface area contributed by atoms with Gasteiger partial charge in [0.2, 0.25) is 5.91 Å². The Bertz CT molecular complexity index is 532. The number of carbonyl (C=O) groups excluding carboxylic acids is 1. The summed E-state index contributed by atoms with van der Waals surface area (Å²) in [6.07, 6.45) is 5.58. The number of carbonyl (C=O) groups is 1. The van der Waals surface area contributed by atoms with Gasteiger partial charge in [-0.25, -0.2) is 0 Å². The van der Waals surface area contributed by atoms with Crippen LogP contribution in [0.15, 0.2) is 18.2 Å². The third-order valence-electron chi connectivity index (χ3n) is 5.15. The van der Waals surface area contributed by atoms with Crippen LogP contribution in [0.25, 0.3) is 0 Å². The summed E-state index contributed by atoms with van der Waals surface area (Å²) in [6, 6.07) is 6.33. The second-order valence-electron chi connectivity index (χ2n) is 6.20. The summed E-state index contributed by atoms with van der Waals surface area (Å²) in [5.74, 6) is 2.60. The van der Waals surface area contributed by atoms with Crippen LogP contribution in [0.4, 0.5) is 5.69 Å². The molecule has 3 atom stereocenters. The lowest BCUT2D eigenvalue weighted by Crippen LogP contribution is -2.19. The summed E-state index contributed by atoms with van der Waals surface area (Å²) < 4.78 is 0. The third-order valence-corrected chi connectivity index (χ3v) is 5.70. The Morgan fingerprint density at radius 3 is 2.79 bits per heavy atom. The lowest BCUT2D eigenvalue weighted by atomic mass is 9.96. The quantitative estimate of drug-likeness (QED) is 0.815. The Hall–Kier alpha value is -1.02. The Morgan fingerprint density at radius 1 is 1.21 bits per heavy atom. The molecule has 2 aliphatic carbocycles. The summed E-state index contributed by atoms with van der Waals surface area (Å²) in [7, 11) is 0. The highest BCUT2D eigenvalue weighted by molar-refractivity contribution is 6.21. The first-order chi connectivity index (χ1) is 9.24. The SMILES string of the molecule is O=C1CCc2cc(C(Cl)C3C4CCCC43)ccc2N1. The van der Waals surface area contributed by atoms with Crippen molar-refractivity contribution >= 4 is 23.2 Å². The number of alkyl halides is 1. The van der Waals surface area contributed by atoms with Crippen LogP contribution >= 0.6 is 11.6 Å². The number of nitrogens with one attached hydrogen (secondary N) is 1. The molecule has 1 aromatic rings. The smallest absolute Gasteiger partial charge is 0.224 e. The van der Waals surface area contributed by atoms with Gasteiger partial charge in [0, 0.05) is 12.1 Å². The summed E-state index contributed by atoms with van der Waals surface area (Å²) in [4.78, 5) is 11.4. The normalized spacial score (nSPS) is 33.3. The molecular formula is C16H18ClNO. The number of benzene rings is 1. The van der Waals surface area contributed by atoms with Crippen molar-refractivity contribution in [3.05, 3.63) is 29.3 Å². The van der Waals surface area contributed by atoms with Crippen molar-refractivity contribution < 1.29 is 4.79 Å². The molecule has 1 aliphatic heterocycles. The monoisotopic (exact) mass is 275 g/mol. The lowest BCUT2D eigenvalue weighted by Gasteiger charge is -2.19. The molecule has 1 aromatic carbocycles. The van der Waals surface area contributed by atoms with Crippen LogP contribution in [0.2, 0.25) is 0 Å². The van der Waals surface area contributed by atoms with Crippen molar-refractivity contribution in [2.75, 3.05) is 5.32 Å². The van der Waals surface area contributed by atoms with Gasteiger partial charge in [-0.1, -0.05) is 18.6 Å². The molecule has 2 saturated carbocycles. The number of hydrogen-bond acceptors (Lipinski definition) is 1. The third kappa shape index (κ3) is 1.88. The molecule has 3 heteroatoms. The largest absolute Gasteiger partial charge is 0.326 e. The Kier molecular flexibility index (Phi) is 2.63. The maximum Gasteiger partial charge on any atom is 0.224 e. The molecule has 3 aliphatic rings. The minimum absolute atomic E-state index is 0.124. The molecule has 3 unspecified atom stereocenters. The van der Waals surface area contributed by atoms with Gasteiger partial charge in [-0.15, -0.1) is 11.6 Å². The van der Waals surface area contributed by atoms with Crippen molar-refractivity contribution in [1.82, 2.24) is 0 Å². The number of amides is 1. The number of hydrogen-bond donors (Lipinski definition) is 1. The molecule has 2 fully saturated rings. The Balaban J connectivity index is 1.57. The number of aryl methyl sites for hydroxylation is 1. The first kappa shape index (κ1) is 11.8. The maximum absolute atomic E-state index is 11.4. The van der Waals surface area contributed by atoms with Crippen LogP contribution in [0.5, 0.6) is 0 Å². The molecule has 1 heterocycles. The van der Waals surface area contributed by atoms with Gasteiger partial charge in [0.1, 0.15) is 0 Å². The van der Waals surface area contributed by atoms with E-state index in [9.17, 15) is 4.79 Å². The molecule has 1 amide bonds. The average molecular weight is 276 g/mol. The van der Waals surface area contributed by atoms with E-state index >= 15 is 0 Å². The molecule has 0 aromatic heterocycles. The van der Waals surface area contributed by atoms with Crippen molar-refractivity contribution in [3.63, 3.8) is 0 Å². The molecule has 0 saturated heterocycles. The molecule has 4 rings (SSSR count). The van der Waals surface area contributed by atoms with Crippen LogP contribution in [-0.4, -0.2) is 5.91 Å². The number of halogens is 1. The predicted molar refractivity (Wildman–Crippen MR) is 76.3 cm³/mol. The van der Waals surface area contributed by atoms with E-state index in [2.05, 4.69) is 17.4 Å². The zero-order chi connectivity index (χ0) is 13.0. The summed E-state index contributed by atoms with van der Waals surface area (Å²) >= 11 is 6.69. The minimum atomic E-state index is 0.124. The maximum atomic E-state index is 11.4. The van der Waals surface area contributed by atoms with Gasteiger partial charge >= 0.3 is 0 Å². The zero-order valence-electron chi connectivity index (χ0n) is 10.9. The van der Waals surface area contributed by atoms with Crippen LogP contribution in [0.3, 0.4) is 0 Å². The number of anilines is 1. The molecule has 0 bridgehead atoms. The molecule has 1 N–H and O–H groups in total. The topological polar surface area (TPSA) is 29.1 Å². The van der Waals surface area contributed by atoms with Crippen molar-refractivity contribution in [2.45, 2.75) is 37.5 Å². The van der Waals surface area contributed by atoms with Gasteiger partial charge in [-0.3, -0.25) is 4.79 Å². The van der Waals surface area contributed by atoms with Crippen LogP contribution in [0.1, 0.15) is 42.2 Å². The average Bonchev–Trinajstić information content (AvgIpc) is 2.89. The summed E-state index contributed by atoms with van der Waals surface area (Å²) in [6.45, 7) is 0. The highest BCUT2D eigenvalue weighted by Gasteiger charge is 2.55. The summed E-state index contributed by atoms with van der Waals surface area (Å²) in [5.41, 5.74) is 3.46. The summed E-state index contributed by atoms with van der Waals surface area (Å²) in [5, 5.41) is 3.09. The van der Waals surface area contributed by atoms with Gasteiger partial charge in [-0.2, -0.15) is 0 Å². The van der Waals surface area contributed by atoms with E-state index in [0.717, 1.165) is 23.9 Å². The van der Waals surface area contributed by atoms with Gasteiger partial charge in [0.15, 0.2) is 0 Å². The molecular weight excluding hydrogens is 258 g/mol. The fourth-order valence-corrected chi connectivity index (χ4v) is 4.62. The van der Waals surface area contributed by atoms with Crippen molar-refractivity contribution in [2.24, 2.45) is 17.8 Å². The highest BCUT2D eigenvalue weighted by atomic mass is 35.5. The standard InChI is InChI=1S/C16H18ClNO/c17-16(15-11-2-1-3-12(11)15)10-4-6-13-9(8-10)5-7-14(19)18-13/h4,6,8,11-12,15-16H,1-3,5,7H2,(H,18,19). The molecule has 2 nitrogen and oxygen atoms in total. The van der Waals surface area contributed by atoms with Crippen molar-refractivity contribution in [1.29, 1.82) is 0 Å². The Labute approximate surface area is 118 Å². The first-order valence-corrected chi connectivity index (χ1v) is 7.74. The zero-order valence-corrected chi connectivity index (χ0v) is 11.6. The lowest BCUT2D eigenvalue weighted by molar-refractivity contribution is -0.116. The number of rotatable bonds is 2. The van der Waals surface area contributed by atoms with Crippen LogP contribution in [-0.2, 0) is 11.2 Å². The number of fused-ring (bicyclic) bond motifs is 2. The molecule has 19 heavy (non-hydrogen) atoms. The van der Waals surface area contributed by atoms with E-state index in [1.165, 1.54) is 30.4 Å². The molecule has 0 radical (unpaired) electrons. The van der Waals surface area contributed by atoms with E-state index in [1.807, 2.05) is 6.07 Å². The predicted octanol–water partition coefficient (Wildman–Crippen LogP) is 3.90. The van der Waals surface area contributed by atoms with Crippen LogP contribution in [0, 0.1) is 17.8 Å². The van der Waals surface area contributed by atoms with E-state index < -0.39 is 0 Å². The van der Waals surface area contributed by atoms with Gasteiger partial charge < -0.3 is 5.32 Å². The second kappa shape index (κ2) is 4.24. The Morgan fingerprint density at radius 2 is 2.00 bits per heavy atom. The van der Waals surface area contributed by atoms with Gasteiger partial charge in [-0.05, 0) is 54.2 Å². The van der Waals surface area contributed by atoms with E-state index in [0.29, 0.717) is 12.3 Å². The fraction of sp³-hybridized carbons (Fsp3) is 0.562. The van der Waals surface area contributed by atoms with E-state index in [1.54, 1.807) is 0 Å². The first-order valence-electron chi connectivity index (χ1n) is 7.31. The fourth-order valence-electron chi connectivity index (χ4n) is 4.11. The van der Waals surface area contributed by atoms with E-state index in [-0.39, 0.29) is 11.3 Å². The van der Waals surface area contributed by atoms with Crippen molar-refractivity contribution in [3.8, 4) is 0 Å². The second-order valence-corrected chi connectivity index (χ2v) is 6.67. The van der Waals surface area contributed by atoms with E-state index in [4.69, 9.17) is 11.6 Å². The van der Waals surface area contributed by atoms with Gasteiger partial charge in [0.05, 0.1) is 5.38 Å².